The zero-order valence-electron chi connectivity index (χ0n) is 10.1. The Balaban J connectivity index is 2.59. The first-order chi connectivity index (χ1) is 8.52. The Bertz CT molecular complexity index is 600. The normalized spacial score (nSPS) is 10.4. The highest BCUT2D eigenvalue weighted by molar-refractivity contribution is 6.35. The van der Waals surface area contributed by atoms with Crippen molar-refractivity contribution in [1.29, 1.82) is 0 Å². The summed E-state index contributed by atoms with van der Waals surface area (Å²) >= 11 is 5.91. The minimum absolute atomic E-state index is 0.0622. The number of hydrogen-bond acceptors (Lipinski definition) is 1. The highest BCUT2D eigenvalue weighted by Crippen LogP contribution is 2.24. The fourth-order valence-electron chi connectivity index (χ4n) is 1.85. The summed E-state index contributed by atoms with van der Waals surface area (Å²) in [6.45, 7) is 3.76. The monoisotopic (exact) mass is 262 g/mol. The lowest BCUT2D eigenvalue weighted by atomic mass is 9.96. The summed E-state index contributed by atoms with van der Waals surface area (Å²) in [6.07, 6.45) is 0. The lowest BCUT2D eigenvalue weighted by molar-refractivity contribution is 0.103. The molecule has 0 aliphatic heterocycles. The van der Waals surface area contributed by atoms with Crippen LogP contribution in [0.3, 0.4) is 0 Å². The van der Waals surface area contributed by atoms with Gasteiger partial charge in [-0.25, -0.2) is 4.39 Å². The SMILES string of the molecule is Cc1cccc(C(=O)c2c(F)cccc2Cl)c1C. The fraction of sp³-hybridized carbons (Fsp3) is 0.133. The van der Waals surface area contributed by atoms with Crippen molar-refractivity contribution in [3.05, 3.63) is 69.5 Å². The first-order valence-electron chi connectivity index (χ1n) is 5.57. The molecule has 2 rings (SSSR count). The Morgan fingerprint density at radius 2 is 1.78 bits per heavy atom. The van der Waals surface area contributed by atoms with Crippen LogP contribution in [0.5, 0.6) is 0 Å². The van der Waals surface area contributed by atoms with E-state index in [1.54, 1.807) is 12.1 Å². The second kappa shape index (κ2) is 4.91. The molecule has 0 radical (unpaired) electrons. The standard InChI is InChI=1S/C15H12ClFO/c1-9-5-3-6-11(10(9)2)15(18)14-12(16)7-4-8-13(14)17/h3-8H,1-2H3. The average Bonchev–Trinajstić information content (AvgIpc) is 2.32. The molecule has 92 valence electrons. The summed E-state index contributed by atoms with van der Waals surface area (Å²) < 4.78 is 13.7. The van der Waals surface area contributed by atoms with Gasteiger partial charge < -0.3 is 0 Å². The molecule has 2 aromatic rings. The number of hydrogen-bond donors (Lipinski definition) is 0. The van der Waals surface area contributed by atoms with Gasteiger partial charge in [0.2, 0.25) is 0 Å². The van der Waals surface area contributed by atoms with Crippen molar-refractivity contribution < 1.29 is 9.18 Å². The first kappa shape index (κ1) is 12.8. The zero-order chi connectivity index (χ0) is 13.3. The largest absolute Gasteiger partial charge is 0.288 e. The maximum absolute atomic E-state index is 13.7. The Hall–Kier alpha value is -1.67. The lowest BCUT2D eigenvalue weighted by Gasteiger charge is -2.09. The van der Waals surface area contributed by atoms with E-state index in [9.17, 15) is 9.18 Å². The van der Waals surface area contributed by atoms with E-state index in [2.05, 4.69) is 0 Å². The van der Waals surface area contributed by atoms with Gasteiger partial charge in [0.25, 0.3) is 0 Å². The fourth-order valence-corrected chi connectivity index (χ4v) is 2.10. The molecule has 0 bridgehead atoms. The molecular formula is C15H12ClFO. The van der Waals surface area contributed by atoms with Crippen LogP contribution < -0.4 is 0 Å². The van der Waals surface area contributed by atoms with E-state index in [0.29, 0.717) is 5.56 Å². The Morgan fingerprint density at radius 1 is 1.11 bits per heavy atom. The molecule has 18 heavy (non-hydrogen) atoms. The molecule has 0 amide bonds. The summed E-state index contributed by atoms with van der Waals surface area (Å²) in [5.41, 5.74) is 2.27. The predicted molar refractivity (Wildman–Crippen MR) is 70.8 cm³/mol. The molecule has 0 unspecified atom stereocenters. The highest BCUT2D eigenvalue weighted by atomic mass is 35.5. The van der Waals surface area contributed by atoms with Gasteiger partial charge >= 0.3 is 0 Å². The zero-order valence-corrected chi connectivity index (χ0v) is 10.9. The second-order valence-electron chi connectivity index (χ2n) is 4.17. The number of carbonyl (C=O) groups is 1. The highest BCUT2D eigenvalue weighted by Gasteiger charge is 2.19. The van der Waals surface area contributed by atoms with E-state index in [1.807, 2.05) is 19.9 Å². The predicted octanol–water partition coefficient (Wildman–Crippen LogP) is 4.33. The third-order valence-electron chi connectivity index (χ3n) is 3.04. The summed E-state index contributed by atoms with van der Waals surface area (Å²) in [5, 5.41) is 0.140. The first-order valence-corrected chi connectivity index (χ1v) is 5.95. The van der Waals surface area contributed by atoms with Crippen LogP contribution in [0.4, 0.5) is 4.39 Å². The van der Waals surface area contributed by atoms with Crippen LogP contribution in [0, 0.1) is 19.7 Å². The Morgan fingerprint density at radius 3 is 2.44 bits per heavy atom. The van der Waals surface area contributed by atoms with Crippen LogP contribution in [-0.4, -0.2) is 5.78 Å². The number of carbonyl (C=O) groups excluding carboxylic acids is 1. The van der Waals surface area contributed by atoms with Gasteiger partial charge in [0.05, 0.1) is 10.6 Å². The number of halogens is 2. The van der Waals surface area contributed by atoms with Crippen molar-refractivity contribution in [2.24, 2.45) is 0 Å². The quantitative estimate of drug-likeness (QED) is 0.737. The summed E-state index contributed by atoms with van der Waals surface area (Å²) in [7, 11) is 0. The Kier molecular flexibility index (Phi) is 3.48. The molecule has 0 atom stereocenters. The van der Waals surface area contributed by atoms with E-state index in [1.165, 1.54) is 18.2 Å². The van der Waals surface area contributed by atoms with Gasteiger partial charge in [-0.2, -0.15) is 0 Å². The molecule has 0 N–H and O–H groups in total. The molecule has 0 fully saturated rings. The second-order valence-corrected chi connectivity index (χ2v) is 4.58. The van der Waals surface area contributed by atoms with E-state index in [-0.39, 0.29) is 16.4 Å². The van der Waals surface area contributed by atoms with Crippen molar-refractivity contribution in [1.82, 2.24) is 0 Å². The van der Waals surface area contributed by atoms with Crippen molar-refractivity contribution in [3.63, 3.8) is 0 Å². The molecule has 3 heteroatoms. The smallest absolute Gasteiger partial charge is 0.197 e. The van der Waals surface area contributed by atoms with Gasteiger partial charge in [-0.1, -0.05) is 35.9 Å². The van der Waals surface area contributed by atoms with Crippen LogP contribution in [0.2, 0.25) is 5.02 Å². The number of benzene rings is 2. The molecule has 0 spiro atoms. The number of aryl methyl sites for hydroxylation is 1. The van der Waals surface area contributed by atoms with Crippen LogP contribution in [0.25, 0.3) is 0 Å². The lowest BCUT2D eigenvalue weighted by Crippen LogP contribution is -2.07. The number of rotatable bonds is 2. The molecule has 0 aliphatic carbocycles. The molecule has 0 aliphatic rings. The van der Waals surface area contributed by atoms with Crippen molar-refractivity contribution in [3.8, 4) is 0 Å². The molecule has 2 aromatic carbocycles. The van der Waals surface area contributed by atoms with Crippen LogP contribution >= 0.6 is 11.6 Å². The summed E-state index contributed by atoms with van der Waals surface area (Å²) in [5.74, 6) is -0.965. The van der Waals surface area contributed by atoms with Crippen LogP contribution in [0.1, 0.15) is 27.0 Å². The van der Waals surface area contributed by atoms with Crippen LogP contribution in [-0.2, 0) is 0 Å². The van der Waals surface area contributed by atoms with Crippen molar-refractivity contribution in [2.75, 3.05) is 0 Å². The van der Waals surface area contributed by atoms with Gasteiger partial charge in [-0.15, -0.1) is 0 Å². The number of ketones is 1. The van der Waals surface area contributed by atoms with Gasteiger partial charge in [0, 0.05) is 5.56 Å². The topological polar surface area (TPSA) is 17.1 Å². The van der Waals surface area contributed by atoms with Crippen molar-refractivity contribution >= 4 is 17.4 Å². The van der Waals surface area contributed by atoms with E-state index in [0.717, 1.165) is 11.1 Å². The summed E-state index contributed by atoms with van der Waals surface area (Å²) in [6, 6.07) is 9.62. The summed E-state index contributed by atoms with van der Waals surface area (Å²) in [4.78, 5) is 12.3. The van der Waals surface area contributed by atoms with Gasteiger partial charge in [0.15, 0.2) is 5.78 Å². The molecule has 0 saturated heterocycles. The molecule has 0 aromatic heterocycles. The van der Waals surface area contributed by atoms with E-state index in [4.69, 9.17) is 11.6 Å². The maximum Gasteiger partial charge on any atom is 0.197 e. The van der Waals surface area contributed by atoms with E-state index < -0.39 is 5.82 Å². The van der Waals surface area contributed by atoms with Gasteiger partial charge in [-0.3, -0.25) is 4.79 Å². The van der Waals surface area contributed by atoms with E-state index >= 15 is 0 Å². The minimum Gasteiger partial charge on any atom is -0.288 e. The van der Waals surface area contributed by atoms with Gasteiger partial charge in [0.1, 0.15) is 5.82 Å². The molecule has 0 saturated carbocycles. The maximum atomic E-state index is 13.7. The third-order valence-corrected chi connectivity index (χ3v) is 3.35. The molecular weight excluding hydrogens is 251 g/mol. The van der Waals surface area contributed by atoms with Crippen LogP contribution in [0.15, 0.2) is 36.4 Å². The Labute approximate surface area is 110 Å². The van der Waals surface area contributed by atoms with Crippen molar-refractivity contribution in [2.45, 2.75) is 13.8 Å². The van der Waals surface area contributed by atoms with Gasteiger partial charge in [-0.05, 0) is 37.1 Å². The molecule has 1 nitrogen and oxygen atoms in total. The average molecular weight is 263 g/mol. The minimum atomic E-state index is -0.589. The molecule has 0 heterocycles. The third kappa shape index (κ3) is 2.16.